The fraction of sp³-hybridized carbons (Fsp3) is 0.385. The van der Waals surface area contributed by atoms with E-state index in [0.29, 0.717) is 22.9 Å². The number of carbonyl (C=O) groups is 2. The lowest BCUT2D eigenvalue weighted by Gasteiger charge is -2.28. The van der Waals surface area contributed by atoms with Crippen LogP contribution in [0.25, 0.3) is 0 Å². The lowest BCUT2D eigenvalue weighted by atomic mass is 9.92. The van der Waals surface area contributed by atoms with Crippen LogP contribution in [0.2, 0.25) is 0 Å². The van der Waals surface area contributed by atoms with Crippen molar-refractivity contribution in [3.8, 4) is 0 Å². The van der Waals surface area contributed by atoms with Gasteiger partial charge in [0, 0.05) is 11.7 Å². The maximum Gasteiger partial charge on any atom is 0.336 e. The number of nitrogens with one attached hydrogen (secondary N) is 1. The predicted molar refractivity (Wildman–Crippen MR) is 67.9 cm³/mol. The van der Waals surface area contributed by atoms with Gasteiger partial charge >= 0.3 is 5.97 Å². The summed E-state index contributed by atoms with van der Waals surface area (Å²) in [5.74, 6) is -1.54. The molecule has 2 rings (SSSR count). The van der Waals surface area contributed by atoms with Crippen molar-refractivity contribution in [2.75, 3.05) is 5.32 Å². The molecule has 0 aromatic heterocycles. The van der Waals surface area contributed by atoms with Crippen LogP contribution in [0.4, 0.5) is 5.69 Å². The summed E-state index contributed by atoms with van der Waals surface area (Å²) < 4.78 is 0. The molecule has 18 heavy (non-hydrogen) atoms. The maximum atomic E-state index is 11.4. The molecule has 4 N–H and O–H groups in total. The molecule has 5 heteroatoms. The minimum Gasteiger partial charge on any atom is -0.478 e. The van der Waals surface area contributed by atoms with Crippen LogP contribution in [0.5, 0.6) is 0 Å². The van der Waals surface area contributed by atoms with E-state index in [9.17, 15) is 9.59 Å². The molecule has 0 atom stereocenters. The Labute approximate surface area is 105 Å². The van der Waals surface area contributed by atoms with Crippen LogP contribution in [0, 0.1) is 6.92 Å². The van der Waals surface area contributed by atoms with Crippen LogP contribution in [-0.4, -0.2) is 23.0 Å². The van der Waals surface area contributed by atoms with Crippen LogP contribution < -0.4 is 11.1 Å². The van der Waals surface area contributed by atoms with Crippen molar-refractivity contribution in [2.45, 2.75) is 32.2 Å². The third-order valence-electron chi connectivity index (χ3n) is 3.33. The topological polar surface area (TPSA) is 92.4 Å². The minimum absolute atomic E-state index is 0.196. The third-order valence-corrected chi connectivity index (χ3v) is 3.33. The van der Waals surface area contributed by atoms with Gasteiger partial charge in [0.05, 0.1) is 11.1 Å². The summed E-state index contributed by atoms with van der Waals surface area (Å²) in [5, 5.41) is 12.3. The van der Waals surface area contributed by atoms with Crippen molar-refractivity contribution in [2.24, 2.45) is 5.73 Å². The molecule has 1 aliphatic carbocycles. The van der Waals surface area contributed by atoms with Gasteiger partial charge < -0.3 is 16.2 Å². The van der Waals surface area contributed by atoms with Crippen LogP contribution in [0.1, 0.15) is 45.5 Å². The van der Waals surface area contributed by atoms with Gasteiger partial charge in [0.15, 0.2) is 0 Å². The number of carbonyl (C=O) groups excluding carboxylic acids is 1. The second-order valence-corrected chi connectivity index (χ2v) is 4.65. The predicted octanol–water partition coefficient (Wildman–Crippen LogP) is 1.76. The van der Waals surface area contributed by atoms with Crippen molar-refractivity contribution in [3.63, 3.8) is 0 Å². The Morgan fingerprint density at radius 1 is 1.33 bits per heavy atom. The number of aryl methyl sites for hydroxylation is 1. The van der Waals surface area contributed by atoms with Crippen LogP contribution in [-0.2, 0) is 0 Å². The molecule has 5 nitrogen and oxygen atoms in total. The number of benzene rings is 1. The number of amides is 1. The van der Waals surface area contributed by atoms with E-state index in [0.717, 1.165) is 19.3 Å². The first-order chi connectivity index (χ1) is 8.49. The first-order valence-electron chi connectivity index (χ1n) is 5.93. The van der Waals surface area contributed by atoms with Crippen molar-refractivity contribution in [1.29, 1.82) is 0 Å². The first-order valence-corrected chi connectivity index (χ1v) is 5.93. The zero-order chi connectivity index (χ0) is 13.3. The lowest BCUT2D eigenvalue weighted by molar-refractivity contribution is 0.0695. The molecule has 0 radical (unpaired) electrons. The van der Waals surface area contributed by atoms with Gasteiger partial charge in [-0.2, -0.15) is 0 Å². The summed E-state index contributed by atoms with van der Waals surface area (Å²) in [6.07, 6.45) is 3.23. The Kier molecular flexibility index (Phi) is 3.23. The Balaban J connectivity index is 2.41. The van der Waals surface area contributed by atoms with E-state index in [1.165, 1.54) is 12.1 Å². The van der Waals surface area contributed by atoms with E-state index in [4.69, 9.17) is 10.8 Å². The molecule has 0 aliphatic heterocycles. The molecule has 0 unspecified atom stereocenters. The van der Waals surface area contributed by atoms with Gasteiger partial charge in [-0.1, -0.05) is 0 Å². The van der Waals surface area contributed by atoms with Gasteiger partial charge in [-0.25, -0.2) is 4.79 Å². The smallest absolute Gasteiger partial charge is 0.336 e. The summed E-state index contributed by atoms with van der Waals surface area (Å²) in [7, 11) is 0. The average molecular weight is 248 g/mol. The number of nitrogens with two attached hydrogens (primary N) is 1. The largest absolute Gasteiger partial charge is 0.478 e. The second kappa shape index (κ2) is 4.68. The summed E-state index contributed by atoms with van der Waals surface area (Å²) in [6.45, 7) is 1.66. The molecule has 0 spiro atoms. The van der Waals surface area contributed by atoms with E-state index in [-0.39, 0.29) is 5.56 Å². The number of carboxylic acids is 1. The normalized spacial score (nSPS) is 14.9. The minimum atomic E-state index is -1.000. The summed E-state index contributed by atoms with van der Waals surface area (Å²) in [4.78, 5) is 22.5. The van der Waals surface area contributed by atoms with Crippen LogP contribution >= 0.6 is 0 Å². The number of aromatic carboxylic acids is 1. The van der Waals surface area contributed by atoms with Gasteiger partial charge in [0.25, 0.3) is 5.91 Å². The zero-order valence-corrected chi connectivity index (χ0v) is 10.2. The van der Waals surface area contributed by atoms with Gasteiger partial charge in [0.1, 0.15) is 0 Å². The average Bonchev–Trinajstić information content (AvgIpc) is 2.23. The number of carboxylic acid groups (broad SMARTS) is 1. The van der Waals surface area contributed by atoms with Gasteiger partial charge in [-0.3, -0.25) is 4.79 Å². The molecule has 1 aromatic carbocycles. The fourth-order valence-corrected chi connectivity index (χ4v) is 2.03. The van der Waals surface area contributed by atoms with E-state index < -0.39 is 11.9 Å². The molecular formula is C13H16N2O3. The molecule has 0 bridgehead atoms. The quantitative estimate of drug-likeness (QED) is 0.757. The summed E-state index contributed by atoms with van der Waals surface area (Å²) >= 11 is 0. The number of rotatable bonds is 4. The van der Waals surface area contributed by atoms with Gasteiger partial charge in [-0.15, -0.1) is 0 Å². The van der Waals surface area contributed by atoms with E-state index in [1.807, 2.05) is 0 Å². The molecule has 96 valence electrons. The Hall–Kier alpha value is -2.04. The van der Waals surface area contributed by atoms with Gasteiger partial charge in [0.2, 0.25) is 0 Å². The first kappa shape index (κ1) is 12.4. The van der Waals surface area contributed by atoms with Crippen molar-refractivity contribution in [1.82, 2.24) is 0 Å². The summed E-state index contributed by atoms with van der Waals surface area (Å²) in [6, 6.07) is 3.34. The van der Waals surface area contributed by atoms with Crippen LogP contribution in [0.3, 0.4) is 0 Å². The molecule has 0 heterocycles. The zero-order valence-electron chi connectivity index (χ0n) is 10.2. The molecule has 1 saturated carbocycles. The van der Waals surface area contributed by atoms with Crippen molar-refractivity contribution >= 4 is 17.6 Å². The highest BCUT2D eigenvalue weighted by Gasteiger charge is 2.21. The highest BCUT2D eigenvalue weighted by molar-refractivity contribution is 6.01. The molecule has 0 saturated heterocycles. The maximum absolute atomic E-state index is 11.4. The standard InChI is InChI=1S/C13H16N2O3/c1-7-5-10(12(14)16)11(6-9(7)13(17)18)15-8-3-2-4-8/h5-6,8,15H,2-4H2,1H3,(H2,14,16)(H,17,18). The van der Waals surface area contributed by atoms with E-state index in [2.05, 4.69) is 5.32 Å². The number of hydrogen-bond acceptors (Lipinski definition) is 3. The van der Waals surface area contributed by atoms with E-state index >= 15 is 0 Å². The molecule has 1 fully saturated rings. The monoisotopic (exact) mass is 248 g/mol. The number of hydrogen-bond donors (Lipinski definition) is 3. The molecule has 1 aliphatic rings. The van der Waals surface area contributed by atoms with E-state index in [1.54, 1.807) is 6.92 Å². The molecule has 1 aromatic rings. The SMILES string of the molecule is Cc1cc(C(N)=O)c(NC2CCC2)cc1C(=O)O. The molecule has 1 amide bonds. The second-order valence-electron chi connectivity index (χ2n) is 4.65. The summed E-state index contributed by atoms with van der Waals surface area (Å²) in [5.41, 5.74) is 6.93. The molecular weight excluding hydrogens is 232 g/mol. The highest BCUT2D eigenvalue weighted by atomic mass is 16.4. The van der Waals surface area contributed by atoms with Gasteiger partial charge in [-0.05, 0) is 43.9 Å². The highest BCUT2D eigenvalue weighted by Crippen LogP contribution is 2.27. The Morgan fingerprint density at radius 2 is 2.00 bits per heavy atom. The third kappa shape index (κ3) is 2.30. The van der Waals surface area contributed by atoms with Crippen molar-refractivity contribution in [3.05, 3.63) is 28.8 Å². The number of primary amides is 1. The lowest BCUT2D eigenvalue weighted by Crippen LogP contribution is -2.29. The van der Waals surface area contributed by atoms with Crippen LogP contribution in [0.15, 0.2) is 12.1 Å². The fourth-order valence-electron chi connectivity index (χ4n) is 2.03. The number of anilines is 1. The van der Waals surface area contributed by atoms with Crippen molar-refractivity contribution < 1.29 is 14.7 Å². The Morgan fingerprint density at radius 3 is 2.44 bits per heavy atom. The Bertz CT molecular complexity index is 507.